The average Bonchev–Trinajstić information content (AvgIpc) is 2.95. The van der Waals surface area contributed by atoms with E-state index in [1.54, 1.807) is 0 Å². The van der Waals surface area contributed by atoms with E-state index >= 15 is 0 Å². The van der Waals surface area contributed by atoms with Gasteiger partial charge in [-0.25, -0.2) is 9.59 Å². The van der Waals surface area contributed by atoms with E-state index in [4.69, 9.17) is 24.3 Å². The third-order valence-corrected chi connectivity index (χ3v) is 3.37. The van der Waals surface area contributed by atoms with Gasteiger partial charge in [-0.05, 0) is 26.3 Å². The topological polar surface area (TPSA) is 104 Å². The molecule has 1 fully saturated rings. The van der Waals surface area contributed by atoms with E-state index in [2.05, 4.69) is 30.1 Å². The van der Waals surface area contributed by atoms with Gasteiger partial charge in [0, 0.05) is 12.6 Å². The van der Waals surface area contributed by atoms with Crippen molar-refractivity contribution >= 4 is 11.9 Å². The highest BCUT2D eigenvalue weighted by molar-refractivity contribution is 6.27. The largest absolute Gasteiger partial charge is 0.473 e. The van der Waals surface area contributed by atoms with Crippen molar-refractivity contribution in [1.82, 2.24) is 10.1 Å². The molecule has 0 saturated carbocycles. The Morgan fingerprint density at radius 1 is 1.45 bits per heavy atom. The van der Waals surface area contributed by atoms with Crippen LogP contribution in [0.4, 0.5) is 0 Å². The molecule has 1 saturated heterocycles. The number of hydrogen-bond donors (Lipinski definition) is 2. The zero-order valence-electron chi connectivity index (χ0n) is 11.9. The van der Waals surface area contributed by atoms with Gasteiger partial charge in [-0.15, -0.1) is 0 Å². The fourth-order valence-electron chi connectivity index (χ4n) is 2.27. The highest BCUT2D eigenvalue weighted by Gasteiger charge is 2.31. The summed E-state index contributed by atoms with van der Waals surface area (Å²) in [6.07, 6.45) is 2.47. The summed E-state index contributed by atoms with van der Waals surface area (Å²) in [5, 5.41) is 18.7. The second kappa shape index (κ2) is 7.04. The monoisotopic (exact) mass is 284 g/mol. The minimum absolute atomic E-state index is 0.446. The molecular weight excluding hydrogens is 264 g/mol. The maximum absolute atomic E-state index is 9.10. The van der Waals surface area contributed by atoms with Crippen LogP contribution >= 0.6 is 0 Å². The molecule has 0 spiro atoms. The van der Waals surface area contributed by atoms with Crippen LogP contribution in [0.3, 0.4) is 0 Å². The number of aromatic nitrogens is 1. The summed E-state index contributed by atoms with van der Waals surface area (Å²) < 4.78 is 5.32. The third kappa shape index (κ3) is 4.34. The van der Waals surface area contributed by atoms with Crippen LogP contribution in [0.5, 0.6) is 0 Å². The minimum atomic E-state index is -1.82. The molecule has 7 nitrogen and oxygen atoms in total. The first-order valence-corrected chi connectivity index (χ1v) is 6.44. The summed E-state index contributed by atoms with van der Waals surface area (Å²) in [4.78, 5) is 20.6. The predicted molar refractivity (Wildman–Crippen MR) is 70.3 cm³/mol. The van der Waals surface area contributed by atoms with E-state index in [0.29, 0.717) is 6.04 Å². The normalized spacial score (nSPS) is 22.1. The molecule has 2 rings (SSSR count). The van der Waals surface area contributed by atoms with Crippen LogP contribution in [0, 0.1) is 12.8 Å². The summed E-state index contributed by atoms with van der Waals surface area (Å²) in [7, 11) is 2.16. The van der Waals surface area contributed by atoms with Crippen LogP contribution in [-0.2, 0) is 9.59 Å². The fraction of sp³-hybridized carbons (Fsp3) is 0.615. The van der Waals surface area contributed by atoms with E-state index in [1.807, 2.05) is 6.92 Å². The zero-order chi connectivity index (χ0) is 15.3. The van der Waals surface area contributed by atoms with Gasteiger partial charge in [0.15, 0.2) is 5.76 Å². The number of aryl methyl sites for hydroxylation is 1. The standard InChI is InChI=1S/C11H18N2O.C2H2O4/c1-4-9-6-10(13(3)7-9)11-5-8(2)12-14-11;3-1(4)2(5)6/h5,9-10H,4,6-7H2,1-3H3;(H,3,4)(H,5,6)/t9-,10-;/m0./s1. The highest BCUT2D eigenvalue weighted by Crippen LogP contribution is 2.35. The quantitative estimate of drug-likeness (QED) is 0.794. The number of likely N-dealkylation sites (tertiary alicyclic amines) is 1. The molecule has 112 valence electrons. The van der Waals surface area contributed by atoms with Crippen LogP contribution in [0.15, 0.2) is 10.6 Å². The first-order chi connectivity index (χ1) is 9.35. The van der Waals surface area contributed by atoms with Crippen molar-refractivity contribution in [2.24, 2.45) is 5.92 Å². The van der Waals surface area contributed by atoms with Crippen molar-refractivity contribution in [3.05, 3.63) is 17.5 Å². The zero-order valence-corrected chi connectivity index (χ0v) is 11.9. The van der Waals surface area contributed by atoms with Crippen LogP contribution < -0.4 is 0 Å². The molecule has 2 atom stereocenters. The Morgan fingerprint density at radius 2 is 2.05 bits per heavy atom. The molecule has 0 amide bonds. The molecule has 1 aliphatic rings. The smallest absolute Gasteiger partial charge is 0.414 e. The van der Waals surface area contributed by atoms with Gasteiger partial charge in [0.05, 0.1) is 11.7 Å². The lowest BCUT2D eigenvalue weighted by Crippen LogP contribution is -2.17. The minimum Gasteiger partial charge on any atom is -0.473 e. The molecule has 1 aliphatic heterocycles. The molecule has 1 aromatic heterocycles. The molecular formula is C13H20N2O5. The van der Waals surface area contributed by atoms with Gasteiger partial charge in [-0.3, -0.25) is 4.90 Å². The summed E-state index contributed by atoms with van der Waals surface area (Å²) >= 11 is 0. The molecule has 0 aliphatic carbocycles. The molecule has 2 heterocycles. The molecule has 0 unspecified atom stereocenters. The van der Waals surface area contributed by atoms with Crippen molar-refractivity contribution in [3.8, 4) is 0 Å². The molecule has 20 heavy (non-hydrogen) atoms. The number of carbonyl (C=O) groups is 2. The van der Waals surface area contributed by atoms with Gasteiger partial charge in [0.25, 0.3) is 0 Å². The number of aliphatic carboxylic acids is 2. The lowest BCUT2D eigenvalue weighted by Gasteiger charge is -2.15. The summed E-state index contributed by atoms with van der Waals surface area (Å²) in [5.74, 6) is -1.80. The van der Waals surface area contributed by atoms with Crippen molar-refractivity contribution in [2.75, 3.05) is 13.6 Å². The number of carboxylic acid groups (broad SMARTS) is 2. The summed E-state index contributed by atoms with van der Waals surface area (Å²) in [5.41, 5.74) is 0.980. The Labute approximate surface area is 117 Å². The van der Waals surface area contributed by atoms with Crippen molar-refractivity contribution in [1.29, 1.82) is 0 Å². The van der Waals surface area contributed by atoms with Crippen LogP contribution in [0.2, 0.25) is 0 Å². The second-order valence-corrected chi connectivity index (χ2v) is 4.95. The van der Waals surface area contributed by atoms with E-state index in [-0.39, 0.29) is 0 Å². The Morgan fingerprint density at radius 3 is 2.40 bits per heavy atom. The van der Waals surface area contributed by atoms with Crippen LogP contribution in [0.1, 0.15) is 37.3 Å². The van der Waals surface area contributed by atoms with Gasteiger partial charge < -0.3 is 14.7 Å². The Kier molecular flexibility index (Phi) is 5.69. The second-order valence-electron chi connectivity index (χ2n) is 4.95. The number of carboxylic acids is 2. The molecule has 2 N–H and O–H groups in total. The molecule has 0 aromatic carbocycles. The third-order valence-electron chi connectivity index (χ3n) is 3.37. The predicted octanol–water partition coefficient (Wildman–Crippen LogP) is 1.54. The number of hydrogen-bond acceptors (Lipinski definition) is 5. The molecule has 0 radical (unpaired) electrons. The van der Waals surface area contributed by atoms with Crippen molar-refractivity contribution in [3.63, 3.8) is 0 Å². The summed E-state index contributed by atoms with van der Waals surface area (Å²) in [6.45, 7) is 5.41. The van der Waals surface area contributed by atoms with Gasteiger partial charge >= 0.3 is 11.9 Å². The van der Waals surface area contributed by atoms with E-state index in [1.165, 1.54) is 19.4 Å². The van der Waals surface area contributed by atoms with Crippen LogP contribution in [0.25, 0.3) is 0 Å². The highest BCUT2D eigenvalue weighted by atomic mass is 16.5. The van der Waals surface area contributed by atoms with E-state index < -0.39 is 11.9 Å². The molecule has 1 aromatic rings. The van der Waals surface area contributed by atoms with E-state index in [0.717, 1.165) is 17.4 Å². The van der Waals surface area contributed by atoms with Crippen molar-refractivity contribution < 1.29 is 24.3 Å². The number of rotatable bonds is 2. The first kappa shape index (κ1) is 16.2. The molecule has 7 heteroatoms. The summed E-state index contributed by atoms with van der Waals surface area (Å²) in [6, 6.07) is 2.50. The Balaban J connectivity index is 0.000000286. The van der Waals surface area contributed by atoms with E-state index in [9.17, 15) is 0 Å². The van der Waals surface area contributed by atoms with Gasteiger partial charge in [0.2, 0.25) is 0 Å². The van der Waals surface area contributed by atoms with Crippen molar-refractivity contribution in [2.45, 2.75) is 32.7 Å². The Hall–Kier alpha value is -1.89. The van der Waals surface area contributed by atoms with Gasteiger partial charge in [-0.2, -0.15) is 0 Å². The SMILES string of the molecule is CC[C@H]1C[C@@H](c2cc(C)no2)N(C)C1.O=C(O)C(=O)O. The number of nitrogens with zero attached hydrogens (tertiary/aromatic N) is 2. The van der Waals surface area contributed by atoms with Gasteiger partial charge in [0.1, 0.15) is 0 Å². The lowest BCUT2D eigenvalue weighted by atomic mass is 10.0. The van der Waals surface area contributed by atoms with Gasteiger partial charge in [-0.1, -0.05) is 18.5 Å². The maximum Gasteiger partial charge on any atom is 0.414 e. The fourth-order valence-corrected chi connectivity index (χ4v) is 2.27. The maximum atomic E-state index is 9.10. The Bertz CT molecular complexity index is 459. The first-order valence-electron chi connectivity index (χ1n) is 6.44. The average molecular weight is 284 g/mol. The lowest BCUT2D eigenvalue weighted by molar-refractivity contribution is -0.159. The molecule has 0 bridgehead atoms. The van der Waals surface area contributed by atoms with Crippen LogP contribution in [-0.4, -0.2) is 45.8 Å².